The number of hydrogen-bond donors (Lipinski definition) is 1. The highest BCUT2D eigenvalue weighted by Gasteiger charge is 1.93. The van der Waals surface area contributed by atoms with Crippen LogP contribution < -0.4 is 5.73 Å². The molecule has 0 bridgehead atoms. The van der Waals surface area contributed by atoms with E-state index in [0.717, 1.165) is 5.70 Å². The summed E-state index contributed by atoms with van der Waals surface area (Å²) < 4.78 is 0. The molecule has 3 heteroatoms. The highest BCUT2D eigenvalue weighted by molar-refractivity contribution is 6.92. The number of aryl methyl sites for hydroxylation is 2. The van der Waals surface area contributed by atoms with E-state index in [-0.39, 0.29) is 9.90 Å². The molecule has 0 saturated carbocycles. The third-order valence-corrected chi connectivity index (χ3v) is 2.75. The number of rotatable bonds is 3. The van der Waals surface area contributed by atoms with Crippen molar-refractivity contribution in [2.45, 2.75) is 27.3 Å². The van der Waals surface area contributed by atoms with E-state index in [2.05, 4.69) is 50.1 Å². The number of allylic oxidation sites excluding steroid dienone is 2. The topological polar surface area (TPSA) is 29.3 Å². The number of nitrogens with two attached hydrogens (primary N) is 1. The molecule has 2 N–H and O–H groups in total. The molecule has 116 valence electrons. The van der Waals surface area contributed by atoms with E-state index < -0.39 is 0 Å². The summed E-state index contributed by atoms with van der Waals surface area (Å²) in [6.45, 7) is 10.2. The quantitative estimate of drug-likeness (QED) is 0.523. The van der Waals surface area contributed by atoms with Gasteiger partial charge in [0.15, 0.2) is 0 Å². The molecular weight excluding hydrogens is 275 g/mol. The molecule has 0 aliphatic carbocycles. The molecule has 21 heavy (non-hydrogen) atoms. The largest absolute Gasteiger partial charge is 0.371 e. The number of hydrogen-bond acceptors (Lipinski definition) is 2. The first kappa shape index (κ1) is 21.7. The van der Waals surface area contributed by atoms with Crippen LogP contribution in [0, 0.1) is 13.8 Å². The van der Waals surface area contributed by atoms with Crippen LogP contribution in [0.5, 0.6) is 0 Å². The first-order chi connectivity index (χ1) is 9.46. The Morgan fingerprint density at radius 3 is 2.33 bits per heavy atom. The summed E-state index contributed by atoms with van der Waals surface area (Å²) in [4.78, 5) is 1.96. The molecule has 1 rings (SSSR count). The Balaban J connectivity index is 0. The highest BCUT2D eigenvalue weighted by atomic mass is 31.0. The van der Waals surface area contributed by atoms with E-state index in [4.69, 9.17) is 5.73 Å². The molecule has 0 spiro atoms. The van der Waals surface area contributed by atoms with Crippen LogP contribution >= 0.6 is 9.90 Å². The molecule has 0 amide bonds. The summed E-state index contributed by atoms with van der Waals surface area (Å²) in [5.74, 6) is 0. The number of benzene rings is 1. The van der Waals surface area contributed by atoms with E-state index in [1.165, 1.54) is 16.7 Å². The van der Waals surface area contributed by atoms with Gasteiger partial charge in [0.25, 0.3) is 0 Å². The average Bonchev–Trinajstić information content (AvgIpc) is 2.42. The van der Waals surface area contributed by atoms with E-state index in [1.54, 1.807) is 0 Å². The summed E-state index contributed by atoms with van der Waals surface area (Å²) in [7, 11) is 3.92. The average molecular weight is 304 g/mol. The maximum Gasteiger partial charge on any atom is 0.0874 e. The second-order valence-electron chi connectivity index (χ2n) is 4.72. The Kier molecular flexibility index (Phi) is 12.6. The van der Waals surface area contributed by atoms with Gasteiger partial charge in [-0.15, -0.1) is 0 Å². The van der Waals surface area contributed by atoms with Gasteiger partial charge in [-0.25, -0.2) is 0 Å². The van der Waals surface area contributed by atoms with Crippen molar-refractivity contribution >= 4 is 9.90 Å². The van der Waals surface area contributed by atoms with Crippen molar-refractivity contribution in [3.05, 3.63) is 70.8 Å². The lowest BCUT2D eigenvalue weighted by Crippen LogP contribution is -2.07. The third kappa shape index (κ3) is 9.08. The van der Waals surface area contributed by atoms with Crippen LogP contribution in [0.2, 0.25) is 0 Å². The van der Waals surface area contributed by atoms with Crippen molar-refractivity contribution in [2.75, 3.05) is 14.1 Å². The van der Waals surface area contributed by atoms with Crippen molar-refractivity contribution < 1.29 is 0 Å². The van der Waals surface area contributed by atoms with Crippen LogP contribution in [0.1, 0.15) is 23.6 Å². The van der Waals surface area contributed by atoms with Crippen molar-refractivity contribution in [3.8, 4) is 0 Å². The molecule has 2 nitrogen and oxygen atoms in total. The normalized spacial score (nSPS) is 8.86. The van der Waals surface area contributed by atoms with Crippen molar-refractivity contribution in [3.63, 3.8) is 0 Å². The Morgan fingerprint density at radius 1 is 1.33 bits per heavy atom. The van der Waals surface area contributed by atoms with Gasteiger partial charge in [0, 0.05) is 20.6 Å². The van der Waals surface area contributed by atoms with Crippen LogP contribution in [0.3, 0.4) is 0 Å². The van der Waals surface area contributed by atoms with Gasteiger partial charge in [-0.05, 0) is 50.3 Å². The molecule has 1 atom stereocenters. The molecule has 0 aromatic heterocycles. The molecule has 0 aliphatic heterocycles. The fraction of sp³-hybridized carbons (Fsp3) is 0.333. The number of nitrogens with zero attached hydrogens (tertiary/aromatic N) is 1. The Hall–Kier alpha value is -1.55. The first-order valence-electron chi connectivity index (χ1n) is 6.67. The predicted octanol–water partition coefficient (Wildman–Crippen LogP) is 3.77. The maximum atomic E-state index is 5.52. The van der Waals surface area contributed by atoms with Crippen LogP contribution in [0.4, 0.5) is 0 Å². The smallest absolute Gasteiger partial charge is 0.0874 e. The van der Waals surface area contributed by atoms with Gasteiger partial charge in [0.05, 0.1) is 5.70 Å². The van der Waals surface area contributed by atoms with Crippen LogP contribution in [-0.2, 0) is 6.54 Å². The Labute approximate surface area is 133 Å². The van der Waals surface area contributed by atoms with Crippen molar-refractivity contribution in [1.29, 1.82) is 0 Å². The summed E-state index contributed by atoms with van der Waals surface area (Å²) in [6, 6.07) is 6.35. The predicted molar refractivity (Wildman–Crippen MR) is 99.6 cm³/mol. The zero-order valence-corrected chi connectivity index (χ0v) is 15.4. The summed E-state index contributed by atoms with van der Waals surface area (Å²) in [5.41, 5.74) is 15.8. The van der Waals surface area contributed by atoms with Crippen LogP contribution in [0.15, 0.2) is 54.1 Å². The number of likely N-dealkylation sites (N-methyl/N-ethyl adjacent to an activating group) is 1. The molecule has 1 aromatic carbocycles. The van der Waals surface area contributed by atoms with Gasteiger partial charge in [0.1, 0.15) is 0 Å². The minimum atomic E-state index is 0. The second kappa shape index (κ2) is 12.2. The lowest BCUT2D eigenvalue weighted by Gasteiger charge is -2.09. The Morgan fingerprint density at radius 2 is 1.95 bits per heavy atom. The van der Waals surface area contributed by atoms with E-state index in [0.29, 0.717) is 6.54 Å². The van der Waals surface area contributed by atoms with E-state index in [9.17, 15) is 0 Å². The zero-order chi connectivity index (χ0) is 15.5. The third-order valence-electron chi connectivity index (χ3n) is 2.75. The summed E-state index contributed by atoms with van der Waals surface area (Å²) >= 11 is 0. The standard InChI is InChI=1S/2C9H13N.H3P/c1-7-3-4-8(2)9(5-7)6-10;1-5-7-9(8-6-2)10(3)4;/h3-5H,6,10H2,1-2H3;6,8H,1H2,2-4H3;1H3/b;8-6-;. The van der Waals surface area contributed by atoms with Gasteiger partial charge in [-0.2, -0.15) is 9.90 Å². The fourth-order valence-electron chi connectivity index (χ4n) is 1.57. The van der Waals surface area contributed by atoms with Gasteiger partial charge in [0.2, 0.25) is 0 Å². The first-order valence-corrected chi connectivity index (χ1v) is 6.67. The van der Waals surface area contributed by atoms with Gasteiger partial charge >= 0.3 is 0 Å². The molecule has 0 heterocycles. The molecule has 0 fully saturated rings. The van der Waals surface area contributed by atoms with E-state index >= 15 is 0 Å². The molecule has 0 saturated heterocycles. The van der Waals surface area contributed by atoms with Crippen molar-refractivity contribution in [1.82, 2.24) is 4.90 Å². The highest BCUT2D eigenvalue weighted by Crippen LogP contribution is 2.08. The van der Waals surface area contributed by atoms with Crippen LogP contribution in [0.25, 0.3) is 0 Å². The molecule has 0 radical (unpaired) electrons. The minimum Gasteiger partial charge on any atom is -0.371 e. The SMILES string of the molecule is C=C=C=C(/C=C\C)N(C)C.Cc1ccc(C)c(CN)c1.P. The van der Waals surface area contributed by atoms with Gasteiger partial charge in [-0.1, -0.05) is 35.6 Å². The molecule has 0 aliphatic rings. The van der Waals surface area contributed by atoms with E-state index in [1.807, 2.05) is 38.1 Å². The monoisotopic (exact) mass is 304 g/mol. The maximum absolute atomic E-state index is 5.52. The second-order valence-corrected chi connectivity index (χ2v) is 4.72. The van der Waals surface area contributed by atoms with Gasteiger partial charge in [-0.3, -0.25) is 0 Å². The molecular formula is C18H29N2P. The Bertz CT molecular complexity index is 532. The zero-order valence-electron chi connectivity index (χ0n) is 14.0. The fourth-order valence-corrected chi connectivity index (χ4v) is 1.57. The lowest BCUT2D eigenvalue weighted by molar-refractivity contribution is 0.531. The molecule has 1 unspecified atom stereocenters. The summed E-state index contributed by atoms with van der Waals surface area (Å²) in [5, 5.41) is 0. The molecule has 1 aromatic rings. The minimum absolute atomic E-state index is 0. The lowest BCUT2D eigenvalue weighted by atomic mass is 10.1. The van der Waals surface area contributed by atoms with Gasteiger partial charge < -0.3 is 10.6 Å². The summed E-state index contributed by atoms with van der Waals surface area (Å²) in [6.07, 6.45) is 3.91. The van der Waals surface area contributed by atoms with Crippen molar-refractivity contribution in [2.24, 2.45) is 5.73 Å². The van der Waals surface area contributed by atoms with Crippen LogP contribution in [-0.4, -0.2) is 19.0 Å².